The van der Waals surface area contributed by atoms with Gasteiger partial charge in [-0.25, -0.2) is 4.79 Å². The summed E-state index contributed by atoms with van der Waals surface area (Å²) in [4.78, 5) is 13.5. The SMILES string of the molecule is N#Cc1ccc(C(=O)O)c(N2C3CCC2COC3)c1. The van der Waals surface area contributed by atoms with E-state index in [2.05, 4.69) is 11.0 Å². The number of ether oxygens (including phenoxy) is 1. The Hall–Kier alpha value is -2.06. The van der Waals surface area contributed by atoms with Crippen LogP contribution in [0.25, 0.3) is 0 Å². The van der Waals surface area contributed by atoms with Gasteiger partial charge in [0.2, 0.25) is 0 Å². The lowest BCUT2D eigenvalue weighted by atomic mass is 10.1. The Kier molecular flexibility index (Phi) is 2.88. The molecule has 0 radical (unpaired) electrons. The average Bonchev–Trinajstić information content (AvgIpc) is 2.67. The van der Waals surface area contributed by atoms with Crippen molar-refractivity contribution >= 4 is 11.7 Å². The summed E-state index contributed by atoms with van der Waals surface area (Å²) in [7, 11) is 0. The zero-order valence-corrected chi connectivity index (χ0v) is 10.4. The van der Waals surface area contributed by atoms with Crippen LogP contribution in [0.15, 0.2) is 18.2 Å². The predicted octanol–water partition coefficient (Wildman–Crippen LogP) is 1.62. The van der Waals surface area contributed by atoms with E-state index in [1.165, 1.54) is 6.07 Å². The van der Waals surface area contributed by atoms with Gasteiger partial charge in [-0.3, -0.25) is 0 Å². The van der Waals surface area contributed by atoms with Crippen molar-refractivity contribution in [1.82, 2.24) is 0 Å². The quantitative estimate of drug-likeness (QED) is 0.872. The predicted molar refractivity (Wildman–Crippen MR) is 68.2 cm³/mol. The van der Waals surface area contributed by atoms with Gasteiger partial charge in [-0.05, 0) is 31.0 Å². The fraction of sp³-hybridized carbons (Fsp3) is 0.429. The zero-order chi connectivity index (χ0) is 13.4. The second-order valence-corrected chi connectivity index (χ2v) is 4.98. The Bertz CT molecular complexity index is 548. The monoisotopic (exact) mass is 258 g/mol. The Morgan fingerprint density at radius 2 is 2.05 bits per heavy atom. The van der Waals surface area contributed by atoms with E-state index in [1.54, 1.807) is 12.1 Å². The lowest BCUT2D eigenvalue weighted by Crippen LogP contribution is -2.46. The normalized spacial score (nSPS) is 25.1. The third-order valence-corrected chi connectivity index (χ3v) is 3.88. The van der Waals surface area contributed by atoms with Crippen molar-refractivity contribution in [3.05, 3.63) is 29.3 Å². The Labute approximate surface area is 111 Å². The van der Waals surface area contributed by atoms with Gasteiger partial charge in [0.05, 0.1) is 48.2 Å². The van der Waals surface area contributed by atoms with Crippen molar-refractivity contribution in [3.8, 4) is 6.07 Å². The number of aromatic carboxylic acids is 1. The molecular formula is C14H14N2O3. The minimum atomic E-state index is -0.953. The van der Waals surface area contributed by atoms with E-state index in [0.717, 1.165) is 12.8 Å². The molecule has 2 heterocycles. The fourth-order valence-electron chi connectivity index (χ4n) is 3.02. The van der Waals surface area contributed by atoms with Crippen LogP contribution in [0.3, 0.4) is 0 Å². The Balaban J connectivity index is 2.08. The van der Waals surface area contributed by atoms with Gasteiger partial charge in [0.1, 0.15) is 0 Å². The highest BCUT2D eigenvalue weighted by atomic mass is 16.5. The molecule has 2 aliphatic rings. The maximum absolute atomic E-state index is 11.4. The van der Waals surface area contributed by atoms with Gasteiger partial charge in [0.15, 0.2) is 0 Å². The molecule has 0 aliphatic carbocycles. The highest BCUT2D eigenvalue weighted by molar-refractivity contribution is 5.95. The second kappa shape index (κ2) is 4.56. The van der Waals surface area contributed by atoms with Crippen molar-refractivity contribution in [2.75, 3.05) is 18.1 Å². The largest absolute Gasteiger partial charge is 0.478 e. The van der Waals surface area contributed by atoms with Crippen LogP contribution in [0, 0.1) is 11.3 Å². The first kappa shape index (κ1) is 12.0. The molecule has 2 unspecified atom stereocenters. The molecule has 1 aromatic rings. The van der Waals surface area contributed by atoms with Crippen LogP contribution in [0.2, 0.25) is 0 Å². The van der Waals surface area contributed by atoms with Gasteiger partial charge in [-0.15, -0.1) is 0 Å². The van der Waals surface area contributed by atoms with Gasteiger partial charge in [0, 0.05) is 0 Å². The third-order valence-electron chi connectivity index (χ3n) is 3.88. The van der Waals surface area contributed by atoms with Gasteiger partial charge >= 0.3 is 5.97 Å². The van der Waals surface area contributed by atoms with E-state index >= 15 is 0 Å². The number of carbonyl (C=O) groups is 1. The standard InChI is InChI=1S/C14H14N2O3/c15-6-9-1-4-12(14(17)18)13(5-9)16-10-2-3-11(16)8-19-7-10/h1,4-5,10-11H,2-3,7-8H2,(H,17,18). The summed E-state index contributed by atoms with van der Waals surface area (Å²) in [5.41, 5.74) is 1.41. The summed E-state index contributed by atoms with van der Waals surface area (Å²) < 4.78 is 5.51. The molecule has 0 saturated carbocycles. The number of rotatable bonds is 2. The fourth-order valence-corrected chi connectivity index (χ4v) is 3.02. The molecule has 19 heavy (non-hydrogen) atoms. The average molecular weight is 258 g/mol. The van der Waals surface area contributed by atoms with E-state index in [4.69, 9.17) is 10.00 Å². The minimum absolute atomic E-state index is 0.228. The zero-order valence-electron chi connectivity index (χ0n) is 10.4. The highest BCUT2D eigenvalue weighted by Gasteiger charge is 2.39. The lowest BCUT2D eigenvalue weighted by molar-refractivity contribution is 0.0693. The van der Waals surface area contributed by atoms with Crippen molar-refractivity contribution in [2.24, 2.45) is 0 Å². The number of carboxylic acid groups (broad SMARTS) is 1. The highest BCUT2D eigenvalue weighted by Crippen LogP contribution is 2.36. The molecule has 0 spiro atoms. The van der Waals surface area contributed by atoms with Crippen molar-refractivity contribution in [2.45, 2.75) is 24.9 Å². The number of morpholine rings is 1. The number of hydrogen-bond acceptors (Lipinski definition) is 4. The van der Waals surface area contributed by atoms with Crippen LogP contribution in [-0.2, 0) is 4.74 Å². The van der Waals surface area contributed by atoms with Crippen LogP contribution < -0.4 is 4.90 Å². The Morgan fingerprint density at radius 1 is 1.37 bits per heavy atom. The number of nitrogens with zero attached hydrogens (tertiary/aromatic N) is 2. The van der Waals surface area contributed by atoms with Crippen LogP contribution in [0.1, 0.15) is 28.8 Å². The third kappa shape index (κ3) is 1.94. The van der Waals surface area contributed by atoms with E-state index in [-0.39, 0.29) is 17.6 Å². The van der Waals surface area contributed by atoms with Crippen molar-refractivity contribution in [1.29, 1.82) is 5.26 Å². The molecule has 0 amide bonds. The van der Waals surface area contributed by atoms with E-state index in [0.29, 0.717) is 24.5 Å². The first-order valence-corrected chi connectivity index (χ1v) is 6.34. The van der Waals surface area contributed by atoms with Crippen LogP contribution in [0.5, 0.6) is 0 Å². The number of anilines is 1. The smallest absolute Gasteiger partial charge is 0.337 e. The summed E-state index contributed by atoms with van der Waals surface area (Å²) in [5, 5.41) is 18.3. The summed E-state index contributed by atoms with van der Waals surface area (Å²) in [6.45, 7) is 1.26. The first-order valence-electron chi connectivity index (χ1n) is 6.34. The first-order chi connectivity index (χ1) is 9.20. The summed E-state index contributed by atoms with van der Waals surface area (Å²) in [5.74, 6) is -0.953. The van der Waals surface area contributed by atoms with Crippen LogP contribution in [0.4, 0.5) is 5.69 Å². The van der Waals surface area contributed by atoms with Crippen LogP contribution >= 0.6 is 0 Å². The number of benzene rings is 1. The molecule has 5 nitrogen and oxygen atoms in total. The van der Waals surface area contributed by atoms with Crippen molar-refractivity contribution < 1.29 is 14.6 Å². The minimum Gasteiger partial charge on any atom is -0.478 e. The number of hydrogen-bond donors (Lipinski definition) is 1. The number of fused-ring (bicyclic) bond motifs is 2. The van der Waals surface area contributed by atoms with Gasteiger partial charge in [0.25, 0.3) is 0 Å². The maximum Gasteiger partial charge on any atom is 0.337 e. The summed E-state index contributed by atoms with van der Waals surface area (Å²) in [6.07, 6.45) is 2.03. The second-order valence-electron chi connectivity index (χ2n) is 4.98. The molecule has 2 bridgehead atoms. The van der Waals surface area contributed by atoms with E-state index in [9.17, 15) is 9.90 Å². The molecule has 98 valence electrons. The molecule has 1 N–H and O–H groups in total. The molecule has 5 heteroatoms. The van der Waals surface area contributed by atoms with Gasteiger partial charge < -0.3 is 14.7 Å². The molecule has 2 saturated heterocycles. The molecule has 2 fully saturated rings. The molecule has 1 aromatic carbocycles. The number of nitriles is 1. The van der Waals surface area contributed by atoms with E-state index in [1.807, 2.05) is 0 Å². The van der Waals surface area contributed by atoms with Crippen molar-refractivity contribution in [3.63, 3.8) is 0 Å². The summed E-state index contributed by atoms with van der Waals surface area (Å²) in [6, 6.07) is 7.28. The molecule has 2 atom stereocenters. The molecule has 0 aromatic heterocycles. The van der Waals surface area contributed by atoms with Gasteiger partial charge in [-0.2, -0.15) is 5.26 Å². The lowest BCUT2D eigenvalue weighted by Gasteiger charge is -2.37. The van der Waals surface area contributed by atoms with Crippen LogP contribution in [-0.4, -0.2) is 36.4 Å². The Morgan fingerprint density at radius 3 is 2.63 bits per heavy atom. The topological polar surface area (TPSA) is 73.6 Å². The molecular weight excluding hydrogens is 244 g/mol. The summed E-state index contributed by atoms with van der Waals surface area (Å²) >= 11 is 0. The molecule has 3 rings (SSSR count). The number of carboxylic acids is 1. The molecule has 2 aliphatic heterocycles. The maximum atomic E-state index is 11.4. The van der Waals surface area contributed by atoms with Gasteiger partial charge in [-0.1, -0.05) is 0 Å². The van der Waals surface area contributed by atoms with E-state index < -0.39 is 5.97 Å².